The second-order valence-corrected chi connectivity index (χ2v) is 7.10. The van der Waals surface area contributed by atoms with Crippen LogP contribution < -0.4 is 0 Å². The van der Waals surface area contributed by atoms with Gasteiger partial charge in [-0.1, -0.05) is 96.8 Å². The molecule has 0 amide bonds. The van der Waals surface area contributed by atoms with Crippen LogP contribution in [0.15, 0.2) is 12.2 Å². The Morgan fingerprint density at radius 2 is 0.821 bits per heavy atom. The molecule has 0 aliphatic heterocycles. The lowest BCUT2D eigenvalue weighted by Crippen LogP contribution is -1.93. The van der Waals surface area contributed by atoms with Crippen LogP contribution in [0.3, 0.4) is 0 Å². The summed E-state index contributed by atoms with van der Waals surface area (Å²) >= 11 is 0. The summed E-state index contributed by atoms with van der Waals surface area (Å²) < 4.78 is 0. The number of carboxylic acids is 3. The van der Waals surface area contributed by atoms with E-state index >= 15 is 0 Å². The Kier molecular flexibility index (Phi) is 23.5. The third-order valence-electron chi connectivity index (χ3n) is 4.36. The molecule has 0 spiro atoms. The molecule has 6 heteroatoms. The Bertz CT molecular complexity index is 401. The molecule has 0 heterocycles. The lowest BCUT2D eigenvalue weighted by atomic mass is 10.0. The number of carboxylic acid groups (broad SMARTS) is 3. The number of carbonyl (C=O) groups is 3. The molecule has 0 fully saturated rings. The summed E-state index contributed by atoms with van der Waals surface area (Å²) in [5, 5.41) is 24.1. The second-order valence-electron chi connectivity index (χ2n) is 7.10. The molecule has 0 rings (SSSR count). The van der Waals surface area contributed by atoms with Crippen molar-refractivity contribution in [3.05, 3.63) is 12.2 Å². The van der Waals surface area contributed by atoms with E-state index in [0.717, 1.165) is 12.8 Å². The lowest BCUT2D eigenvalue weighted by molar-refractivity contribution is -0.137. The smallest absolute Gasteiger partial charge is 0.328 e. The van der Waals surface area contributed by atoms with Crippen molar-refractivity contribution in [3.63, 3.8) is 0 Å². The summed E-state index contributed by atoms with van der Waals surface area (Å²) in [4.78, 5) is 29.4. The normalized spacial score (nSPS) is 10.5. The molecule has 0 aromatic heterocycles. The quantitative estimate of drug-likeness (QED) is 0.191. The molecule has 6 nitrogen and oxygen atoms in total. The maximum absolute atomic E-state index is 10.3. The Hall–Kier alpha value is -1.85. The molecular weight excluding hydrogens is 360 g/mol. The van der Waals surface area contributed by atoms with Crippen molar-refractivity contribution in [1.29, 1.82) is 0 Å². The topological polar surface area (TPSA) is 112 Å². The molecule has 3 N–H and O–H groups in total. The fourth-order valence-electron chi connectivity index (χ4n) is 2.79. The molecule has 164 valence electrons. The molecule has 0 aromatic rings. The van der Waals surface area contributed by atoms with Crippen LogP contribution in [0.2, 0.25) is 0 Å². The highest BCUT2D eigenvalue weighted by atomic mass is 16.4. The zero-order valence-electron chi connectivity index (χ0n) is 17.5. The van der Waals surface area contributed by atoms with Crippen LogP contribution in [0.25, 0.3) is 0 Å². The maximum Gasteiger partial charge on any atom is 0.328 e. The molecule has 0 saturated carbocycles. The predicted molar refractivity (Wildman–Crippen MR) is 112 cm³/mol. The summed E-state index contributed by atoms with van der Waals surface area (Å²) in [5.74, 6) is -3.17. The number of unbranched alkanes of at least 4 members (excludes halogenated alkanes) is 14. The maximum atomic E-state index is 10.3. The minimum absolute atomic E-state index is 0.345. The van der Waals surface area contributed by atoms with Crippen LogP contribution in [0.1, 0.15) is 110 Å². The minimum Gasteiger partial charge on any atom is -0.481 e. The highest BCUT2D eigenvalue weighted by Gasteiger charge is 1.97. The van der Waals surface area contributed by atoms with E-state index in [4.69, 9.17) is 15.3 Å². The molecular formula is C22H40O6. The van der Waals surface area contributed by atoms with Crippen LogP contribution in [0, 0.1) is 0 Å². The zero-order chi connectivity index (χ0) is 21.5. The Morgan fingerprint density at radius 1 is 0.536 bits per heavy atom. The van der Waals surface area contributed by atoms with Crippen molar-refractivity contribution < 1.29 is 29.7 Å². The van der Waals surface area contributed by atoms with E-state index in [1.165, 1.54) is 83.5 Å². The van der Waals surface area contributed by atoms with Crippen molar-refractivity contribution in [2.75, 3.05) is 0 Å². The Labute approximate surface area is 170 Å². The molecule has 0 saturated heterocycles. The van der Waals surface area contributed by atoms with Crippen molar-refractivity contribution >= 4 is 17.9 Å². The third kappa shape index (κ3) is 31.9. The highest BCUT2D eigenvalue weighted by molar-refractivity contribution is 5.89. The first-order valence-corrected chi connectivity index (χ1v) is 10.8. The predicted octanol–water partition coefficient (Wildman–Crippen LogP) is 6.04. The van der Waals surface area contributed by atoms with Gasteiger partial charge in [0.05, 0.1) is 0 Å². The average molecular weight is 401 g/mol. The van der Waals surface area contributed by atoms with Crippen LogP contribution in [-0.4, -0.2) is 33.2 Å². The molecule has 0 aromatic carbocycles. The van der Waals surface area contributed by atoms with Crippen LogP contribution in [-0.2, 0) is 14.4 Å². The molecule has 28 heavy (non-hydrogen) atoms. The minimum atomic E-state index is -1.26. The van der Waals surface area contributed by atoms with E-state index in [9.17, 15) is 14.4 Å². The number of hydrogen-bond donors (Lipinski definition) is 3. The zero-order valence-corrected chi connectivity index (χ0v) is 17.5. The Balaban J connectivity index is 0. The summed E-state index contributed by atoms with van der Waals surface area (Å²) in [7, 11) is 0. The fourth-order valence-corrected chi connectivity index (χ4v) is 2.79. The first kappa shape index (κ1) is 28.4. The van der Waals surface area contributed by atoms with Gasteiger partial charge in [0.1, 0.15) is 0 Å². The summed E-state index contributed by atoms with van der Waals surface area (Å²) in [6.45, 7) is 2.27. The van der Waals surface area contributed by atoms with E-state index in [0.29, 0.717) is 18.6 Å². The van der Waals surface area contributed by atoms with Crippen molar-refractivity contribution in [2.45, 2.75) is 110 Å². The molecule has 0 aliphatic rings. The van der Waals surface area contributed by atoms with Gasteiger partial charge < -0.3 is 15.3 Å². The van der Waals surface area contributed by atoms with Crippen molar-refractivity contribution in [1.82, 2.24) is 0 Å². The van der Waals surface area contributed by atoms with E-state index < -0.39 is 17.9 Å². The van der Waals surface area contributed by atoms with E-state index in [-0.39, 0.29) is 0 Å². The average Bonchev–Trinajstić information content (AvgIpc) is 2.63. The van der Waals surface area contributed by atoms with E-state index in [2.05, 4.69) is 6.92 Å². The molecule has 0 atom stereocenters. The highest BCUT2D eigenvalue weighted by Crippen LogP contribution is 2.13. The SMILES string of the molecule is CCCCCCCCCCCCCCCCCC(=O)O.O=C(O)/C=C\C(=O)O. The van der Waals surface area contributed by atoms with Crippen molar-refractivity contribution in [3.8, 4) is 0 Å². The lowest BCUT2D eigenvalue weighted by Gasteiger charge is -2.03. The third-order valence-corrected chi connectivity index (χ3v) is 4.36. The van der Waals surface area contributed by atoms with Gasteiger partial charge >= 0.3 is 17.9 Å². The first-order valence-electron chi connectivity index (χ1n) is 10.8. The molecule has 0 bridgehead atoms. The Morgan fingerprint density at radius 3 is 1.07 bits per heavy atom. The second kappa shape index (κ2) is 23.2. The molecule has 0 radical (unpaired) electrons. The van der Waals surface area contributed by atoms with Crippen LogP contribution >= 0.6 is 0 Å². The van der Waals surface area contributed by atoms with Gasteiger partial charge in [-0.2, -0.15) is 0 Å². The van der Waals surface area contributed by atoms with Gasteiger partial charge in [0.25, 0.3) is 0 Å². The summed E-state index contributed by atoms with van der Waals surface area (Å²) in [6.07, 6.45) is 21.3. The van der Waals surface area contributed by atoms with Crippen LogP contribution in [0.4, 0.5) is 0 Å². The van der Waals surface area contributed by atoms with Gasteiger partial charge in [-0.25, -0.2) is 9.59 Å². The fraction of sp³-hybridized carbons (Fsp3) is 0.773. The van der Waals surface area contributed by atoms with Gasteiger partial charge in [0.15, 0.2) is 0 Å². The van der Waals surface area contributed by atoms with E-state index in [1.807, 2.05) is 0 Å². The monoisotopic (exact) mass is 400 g/mol. The number of hydrogen-bond acceptors (Lipinski definition) is 3. The number of aliphatic carboxylic acids is 3. The standard InChI is InChI=1S/C18H36O2.C4H4O4/c1-2-3-4-5-6-7-8-9-10-11-12-13-14-15-16-17-18(19)20;5-3(6)1-2-4(7)8/h2-17H2,1H3,(H,19,20);1-2H,(H,5,6)(H,7,8)/b;2-1-. The molecule has 0 aliphatic carbocycles. The van der Waals surface area contributed by atoms with Gasteiger partial charge in [-0.15, -0.1) is 0 Å². The van der Waals surface area contributed by atoms with Gasteiger partial charge in [-0.3, -0.25) is 4.79 Å². The van der Waals surface area contributed by atoms with Crippen LogP contribution in [0.5, 0.6) is 0 Å². The van der Waals surface area contributed by atoms with Gasteiger partial charge in [0, 0.05) is 18.6 Å². The van der Waals surface area contributed by atoms with Gasteiger partial charge in [0.2, 0.25) is 0 Å². The largest absolute Gasteiger partial charge is 0.481 e. The first-order chi connectivity index (χ1) is 13.4. The number of rotatable bonds is 18. The summed E-state index contributed by atoms with van der Waals surface area (Å²) in [5.41, 5.74) is 0. The summed E-state index contributed by atoms with van der Waals surface area (Å²) in [6, 6.07) is 0. The molecule has 0 unspecified atom stereocenters. The van der Waals surface area contributed by atoms with Gasteiger partial charge in [-0.05, 0) is 6.42 Å². The van der Waals surface area contributed by atoms with E-state index in [1.54, 1.807) is 0 Å². The van der Waals surface area contributed by atoms with Crippen molar-refractivity contribution in [2.24, 2.45) is 0 Å².